The van der Waals surface area contributed by atoms with Crippen LogP contribution in [0.3, 0.4) is 0 Å². The summed E-state index contributed by atoms with van der Waals surface area (Å²) in [6.45, 7) is 1.15. The third-order valence-corrected chi connectivity index (χ3v) is 5.44. The Bertz CT molecular complexity index is 756. The minimum absolute atomic E-state index is 0.00989. The number of benzene rings is 2. The van der Waals surface area contributed by atoms with E-state index in [-0.39, 0.29) is 17.6 Å². The maximum atomic E-state index is 13.7. The molecule has 2 aromatic rings. The summed E-state index contributed by atoms with van der Waals surface area (Å²) in [4.78, 5) is 12.9. The Kier molecular flexibility index (Phi) is 4.30. The molecule has 25 heavy (non-hydrogen) atoms. The molecule has 0 unspecified atom stereocenters. The minimum Gasteiger partial charge on any atom is -0.381 e. The van der Waals surface area contributed by atoms with Gasteiger partial charge in [0.15, 0.2) is 0 Å². The number of carbonyl (C=O) groups is 1. The van der Waals surface area contributed by atoms with Crippen molar-refractivity contribution in [2.45, 2.75) is 30.7 Å². The molecule has 2 aliphatic rings. The van der Waals surface area contributed by atoms with Gasteiger partial charge >= 0.3 is 0 Å². The van der Waals surface area contributed by atoms with Crippen LogP contribution in [-0.4, -0.2) is 19.1 Å². The largest absolute Gasteiger partial charge is 0.381 e. The molecule has 130 valence electrons. The van der Waals surface area contributed by atoms with E-state index in [0.717, 1.165) is 12.0 Å². The van der Waals surface area contributed by atoms with Gasteiger partial charge in [-0.05, 0) is 48.4 Å². The van der Waals surface area contributed by atoms with Crippen molar-refractivity contribution in [3.63, 3.8) is 0 Å². The SMILES string of the molecule is O=C(NC1(c2cccc(F)c2)CCOCC1)[C@@H]1C[C@@H]1c1ccccc1. The number of halogens is 1. The predicted molar refractivity (Wildman–Crippen MR) is 93.6 cm³/mol. The van der Waals surface area contributed by atoms with Gasteiger partial charge in [0.1, 0.15) is 5.82 Å². The van der Waals surface area contributed by atoms with E-state index in [4.69, 9.17) is 4.74 Å². The summed E-state index contributed by atoms with van der Waals surface area (Å²) in [5.74, 6) is 0.104. The van der Waals surface area contributed by atoms with Crippen molar-refractivity contribution < 1.29 is 13.9 Å². The van der Waals surface area contributed by atoms with Gasteiger partial charge in [0, 0.05) is 19.1 Å². The van der Waals surface area contributed by atoms with Crippen molar-refractivity contribution in [1.82, 2.24) is 5.32 Å². The maximum Gasteiger partial charge on any atom is 0.224 e. The molecule has 1 aliphatic carbocycles. The van der Waals surface area contributed by atoms with Gasteiger partial charge in [-0.25, -0.2) is 4.39 Å². The van der Waals surface area contributed by atoms with Gasteiger partial charge in [0.25, 0.3) is 0 Å². The lowest BCUT2D eigenvalue weighted by molar-refractivity contribution is -0.125. The van der Waals surface area contributed by atoms with E-state index in [1.807, 2.05) is 24.3 Å². The zero-order valence-electron chi connectivity index (χ0n) is 14.1. The number of hydrogen-bond acceptors (Lipinski definition) is 2. The highest BCUT2D eigenvalue weighted by atomic mass is 19.1. The highest BCUT2D eigenvalue weighted by Crippen LogP contribution is 2.48. The Morgan fingerprint density at radius 1 is 1.08 bits per heavy atom. The number of carbonyl (C=O) groups excluding carboxylic acids is 1. The van der Waals surface area contributed by atoms with Gasteiger partial charge in [0.05, 0.1) is 5.54 Å². The first kappa shape index (κ1) is 16.3. The number of hydrogen-bond donors (Lipinski definition) is 1. The first-order chi connectivity index (χ1) is 12.2. The fraction of sp³-hybridized carbons (Fsp3) is 0.381. The predicted octanol–water partition coefficient (Wildman–Crippen LogP) is 3.75. The summed E-state index contributed by atoms with van der Waals surface area (Å²) in [7, 11) is 0. The quantitative estimate of drug-likeness (QED) is 0.921. The normalized spacial score (nSPS) is 24.5. The molecular formula is C21H22FNO2. The van der Waals surface area contributed by atoms with Crippen LogP contribution < -0.4 is 5.32 Å². The van der Waals surface area contributed by atoms with E-state index in [2.05, 4.69) is 17.4 Å². The third kappa shape index (κ3) is 3.31. The standard InChI is InChI=1S/C21H22FNO2/c22-17-8-4-7-16(13-17)21(9-11-25-12-10-21)23-20(24)19-14-18(19)15-5-2-1-3-6-15/h1-8,13,18-19H,9-12,14H2,(H,23,24)/t18-,19-/m1/s1. The van der Waals surface area contributed by atoms with E-state index in [1.54, 1.807) is 6.07 Å². The van der Waals surface area contributed by atoms with Crippen LogP contribution in [0.15, 0.2) is 54.6 Å². The summed E-state index contributed by atoms with van der Waals surface area (Å²) < 4.78 is 19.2. The molecule has 2 atom stereocenters. The fourth-order valence-electron chi connectivity index (χ4n) is 3.87. The van der Waals surface area contributed by atoms with Crippen LogP contribution in [0.4, 0.5) is 4.39 Å². The molecule has 0 bridgehead atoms. The van der Waals surface area contributed by atoms with E-state index >= 15 is 0 Å². The Morgan fingerprint density at radius 2 is 1.84 bits per heavy atom. The lowest BCUT2D eigenvalue weighted by Gasteiger charge is -2.38. The van der Waals surface area contributed by atoms with Gasteiger partial charge in [-0.1, -0.05) is 42.5 Å². The molecule has 4 heteroatoms. The number of rotatable bonds is 4. The number of nitrogens with one attached hydrogen (secondary N) is 1. The summed E-state index contributed by atoms with van der Waals surface area (Å²) in [6.07, 6.45) is 2.22. The summed E-state index contributed by atoms with van der Waals surface area (Å²) in [6, 6.07) is 16.7. The average molecular weight is 339 g/mol. The lowest BCUT2D eigenvalue weighted by Crippen LogP contribution is -2.50. The third-order valence-electron chi connectivity index (χ3n) is 5.44. The van der Waals surface area contributed by atoms with Crippen LogP contribution in [0, 0.1) is 11.7 Å². The first-order valence-electron chi connectivity index (χ1n) is 8.89. The molecule has 1 N–H and O–H groups in total. The topological polar surface area (TPSA) is 38.3 Å². The van der Waals surface area contributed by atoms with E-state index in [0.29, 0.717) is 32.0 Å². The fourth-order valence-corrected chi connectivity index (χ4v) is 3.87. The molecular weight excluding hydrogens is 317 g/mol. The highest BCUT2D eigenvalue weighted by Gasteiger charge is 2.47. The van der Waals surface area contributed by atoms with Gasteiger partial charge in [-0.2, -0.15) is 0 Å². The maximum absolute atomic E-state index is 13.7. The van der Waals surface area contributed by atoms with Crippen LogP contribution in [0.1, 0.15) is 36.3 Å². The molecule has 0 spiro atoms. The van der Waals surface area contributed by atoms with Crippen molar-refractivity contribution in [3.05, 3.63) is 71.5 Å². The van der Waals surface area contributed by atoms with Gasteiger partial charge < -0.3 is 10.1 Å². The first-order valence-corrected chi connectivity index (χ1v) is 8.89. The van der Waals surface area contributed by atoms with Gasteiger partial charge in [-0.15, -0.1) is 0 Å². The zero-order valence-corrected chi connectivity index (χ0v) is 14.1. The minimum atomic E-state index is -0.527. The van der Waals surface area contributed by atoms with Crippen molar-refractivity contribution in [2.24, 2.45) is 5.92 Å². The second-order valence-electron chi connectivity index (χ2n) is 7.05. The second kappa shape index (κ2) is 6.60. The molecule has 2 aromatic carbocycles. The van der Waals surface area contributed by atoms with Crippen molar-refractivity contribution in [3.8, 4) is 0 Å². The van der Waals surface area contributed by atoms with Crippen LogP contribution in [-0.2, 0) is 15.1 Å². The smallest absolute Gasteiger partial charge is 0.224 e. The van der Waals surface area contributed by atoms with Gasteiger partial charge in [-0.3, -0.25) is 4.79 Å². The Hall–Kier alpha value is -2.20. The van der Waals surface area contributed by atoms with Crippen molar-refractivity contribution in [1.29, 1.82) is 0 Å². The van der Waals surface area contributed by atoms with Crippen LogP contribution in [0.25, 0.3) is 0 Å². The Labute approximate surface area is 147 Å². The van der Waals surface area contributed by atoms with E-state index < -0.39 is 5.54 Å². The molecule has 1 saturated carbocycles. The molecule has 1 amide bonds. The number of ether oxygens (including phenoxy) is 1. The molecule has 1 heterocycles. The summed E-state index contributed by atoms with van der Waals surface area (Å²) in [5, 5.41) is 3.25. The Morgan fingerprint density at radius 3 is 2.56 bits per heavy atom. The van der Waals surface area contributed by atoms with E-state index in [9.17, 15) is 9.18 Å². The molecule has 2 fully saturated rings. The molecule has 0 aromatic heterocycles. The molecule has 0 radical (unpaired) electrons. The van der Waals surface area contributed by atoms with Crippen molar-refractivity contribution in [2.75, 3.05) is 13.2 Å². The zero-order chi connectivity index (χ0) is 17.3. The molecule has 3 nitrogen and oxygen atoms in total. The average Bonchev–Trinajstić information content (AvgIpc) is 3.44. The van der Waals surface area contributed by atoms with Crippen molar-refractivity contribution >= 4 is 5.91 Å². The molecule has 1 aliphatic heterocycles. The van der Waals surface area contributed by atoms with Crippen LogP contribution >= 0.6 is 0 Å². The molecule has 4 rings (SSSR count). The monoisotopic (exact) mass is 339 g/mol. The Balaban J connectivity index is 1.53. The number of amides is 1. The lowest BCUT2D eigenvalue weighted by atomic mass is 9.82. The van der Waals surface area contributed by atoms with E-state index in [1.165, 1.54) is 17.7 Å². The molecule has 1 saturated heterocycles. The van der Waals surface area contributed by atoms with Crippen LogP contribution in [0.2, 0.25) is 0 Å². The van der Waals surface area contributed by atoms with Gasteiger partial charge in [0.2, 0.25) is 5.91 Å². The second-order valence-corrected chi connectivity index (χ2v) is 7.05. The van der Waals surface area contributed by atoms with Crippen LogP contribution in [0.5, 0.6) is 0 Å². The summed E-state index contributed by atoms with van der Waals surface area (Å²) >= 11 is 0. The highest BCUT2D eigenvalue weighted by molar-refractivity contribution is 5.83. The summed E-state index contributed by atoms with van der Waals surface area (Å²) in [5.41, 5.74) is 1.52.